The molecule has 0 saturated heterocycles. The fraction of sp³-hybridized carbons (Fsp3) is 0. The molecule has 0 aliphatic carbocycles. The van der Waals surface area contributed by atoms with Gasteiger partial charge >= 0.3 is 0 Å². The lowest BCUT2D eigenvalue weighted by Gasteiger charge is -2.20. The van der Waals surface area contributed by atoms with Crippen LogP contribution in [0.4, 0.5) is 0 Å². The minimum atomic E-state index is 0.583. The van der Waals surface area contributed by atoms with Crippen molar-refractivity contribution in [1.82, 2.24) is 24.1 Å². The Morgan fingerprint density at radius 1 is 0.373 bits per heavy atom. The molecular formula is C45H27N5O. The van der Waals surface area contributed by atoms with E-state index < -0.39 is 0 Å². The number of nitrogens with zero attached hydrogens (tertiary/aromatic N) is 5. The van der Waals surface area contributed by atoms with E-state index in [-0.39, 0.29) is 0 Å². The molecule has 6 heteroatoms. The fourth-order valence-electron chi connectivity index (χ4n) is 7.66. The van der Waals surface area contributed by atoms with Crippen LogP contribution >= 0.6 is 0 Å². The van der Waals surface area contributed by atoms with Crippen LogP contribution in [-0.4, -0.2) is 24.1 Å². The molecule has 11 rings (SSSR count). The van der Waals surface area contributed by atoms with Gasteiger partial charge in [-0.05, 0) is 59.7 Å². The van der Waals surface area contributed by atoms with Gasteiger partial charge in [0, 0.05) is 32.7 Å². The summed E-state index contributed by atoms with van der Waals surface area (Å²) in [4.78, 5) is 15.1. The lowest BCUT2D eigenvalue weighted by molar-refractivity contribution is 0.476. The molecule has 6 nitrogen and oxygen atoms in total. The fourth-order valence-corrected chi connectivity index (χ4v) is 7.66. The van der Waals surface area contributed by atoms with E-state index in [4.69, 9.17) is 19.7 Å². The van der Waals surface area contributed by atoms with Crippen molar-refractivity contribution in [3.8, 4) is 57.0 Å². The summed E-state index contributed by atoms with van der Waals surface area (Å²) in [5.41, 5.74) is 9.56. The van der Waals surface area contributed by atoms with Gasteiger partial charge in [0.2, 0.25) is 5.95 Å². The van der Waals surface area contributed by atoms with E-state index in [1.165, 1.54) is 10.8 Å². The highest BCUT2D eigenvalue weighted by molar-refractivity contribution is 6.14. The average molecular weight is 654 g/mol. The molecule has 4 heterocycles. The van der Waals surface area contributed by atoms with Crippen molar-refractivity contribution in [2.75, 3.05) is 0 Å². The van der Waals surface area contributed by atoms with Crippen LogP contribution in [0.2, 0.25) is 0 Å². The predicted molar refractivity (Wildman–Crippen MR) is 205 cm³/mol. The summed E-state index contributed by atoms with van der Waals surface area (Å²) in [6.45, 7) is 0. The van der Waals surface area contributed by atoms with E-state index in [0.717, 1.165) is 72.3 Å². The third-order valence-corrected chi connectivity index (χ3v) is 9.97. The monoisotopic (exact) mass is 653 g/mol. The maximum atomic E-state index is 6.35. The van der Waals surface area contributed by atoms with Crippen molar-refractivity contribution >= 4 is 43.6 Å². The molecule has 7 aromatic carbocycles. The van der Waals surface area contributed by atoms with Crippen molar-refractivity contribution in [2.45, 2.75) is 0 Å². The third-order valence-electron chi connectivity index (χ3n) is 9.97. The van der Waals surface area contributed by atoms with Crippen LogP contribution in [-0.2, 0) is 0 Å². The number of para-hydroxylation sites is 4. The molecule has 0 N–H and O–H groups in total. The van der Waals surface area contributed by atoms with Gasteiger partial charge < -0.3 is 9.30 Å². The number of hydrogen-bond acceptors (Lipinski definition) is 4. The zero-order valence-electron chi connectivity index (χ0n) is 27.2. The van der Waals surface area contributed by atoms with Crippen LogP contribution < -0.4 is 4.74 Å². The van der Waals surface area contributed by atoms with E-state index in [2.05, 4.69) is 100 Å². The molecule has 3 aromatic heterocycles. The van der Waals surface area contributed by atoms with Crippen LogP contribution in [0.3, 0.4) is 0 Å². The predicted octanol–water partition coefficient (Wildman–Crippen LogP) is 11.2. The number of fused-ring (bicyclic) bond motifs is 8. The SMILES string of the molecule is c1ccc(-c2nc(-c3ccccc3)nc(-n3c4ccccc4c4cc(-c5ccc6c(c5)c5cccc7c5n6-c5ccccc5O7)ccc43)n2)cc1. The Hall–Kier alpha value is -7.05. The zero-order valence-corrected chi connectivity index (χ0v) is 27.2. The van der Waals surface area contributed by atoms with Gasteiger partial charge in [-0.2, -0.15) is 9.97 Å². The molecular weight excluding hydrogens is 627 g/mol. The van der Waals surface area contributed by atoms with Gasteiger partial charge in [0.05, 0.1) is 27.8 Å². The summed E-state index contributed by atoms with van der Waals surface area (Å²) in [7, 11) is 0. The number of ether oxygens (including phenoxy) is 1. The van der Waals surface area contributed by atoms with Gasteiger partial charge in [0.25, 0.3) is 0 Å². The maximum Gasteiger partial charge on any atom is 0.238 e. The first-order valence-corrected chi connectivity index (χ1v) is 17.0. The van der Waals surface area contributed by atoms with Crippen LogP contribution in [0.1, 0.15) is 0 Å². The van der Waals surface area contributed by atoms with Gasteiger partial charge in [-0.1, -0.05) is 115 Å². The molecule has 0 amide bonds. The third kappa shape index (κ3) is 4.20. The van der Waals surface area contributed by atoms with Gasteiger partial charge in [-0.15, -0.1) is 0 Å². The minimum Gasteiger partial charge on any atom is -0.453 e. The van der Waals surface area contributed by atoms with Crippen molar-refractivity contribution in [2.24, 2.45) is 0 Å². The molecule has 0 spiro atoms. The average Bonchev–Trinajstić information content (AvgIpc) is 3.72. The Morgan fingerprint density at radius 2 is 0.922 bits per heavy atom. The Balaban J connectivity index is 1.11. The summed E-state index contributed by atoms with van der Waals surface area (Å²) in [6, 6.07) is 56.8. The maximum absolute atomic E-state index is 6.35. The highest BCUT2D eigenvalue weighted by Crippen LogP contribution is 2.46. The second kappa shape index (κ2) is 10.7. The van der Waals surface area contributed by atoms with Crippen LogP contribution in [0, 0.1) is 0 Å². The molecule has 1 aliphatic rings. The standard InChI is InChI=1S/C45H27N5O/c1-3-12-28(13-4-1)43-46-44(29-14-5-2-6-15-29)48-45(47-43)50-36-18-8-7-16-32(36)34-26-30(23-25-38(34)50)31-22-24-37-35(27-31)33-17-11-21-41-42(33)49(37)39-19-9-10-20-40(39)51-41/h1-27H. The van der Waals surface area contributed by atoms with Gasteiger partial charge in [0.1, 0.15) is 0 Å². The normalized spacial score (nSPS) is 12.1. The minimum absolute atomic E-state index is 0.583. The lowest BCUT2D eigenvalue weighted by atomic mass is 10.0. The highest BCUT2D eigenvalue weighted by atomic mass is 16.5. The first-order valence-electron chi connectivity index (χ1n) is 17.0. The van der Waals surface area contributed by atoms with Gasteiger partial charge in [-0.3, -0.25) is 4.57 Å². The van der Waals surface area contributed by atoms with E-state index in [1.807, 2.05) is 72.8 Å². The lowest BCUT2D eigenvalue weighted by Crippen LogP contribution is -2.06. The van der Waals surface area contributed by atoms with Gasteiger partial charge in [-0.25, -0.2) is 4.98 Å². The zero-order chi connectivity index (χ0) is 33.5. The topological polar surface area (TPSA) is 57.8 Å². The quantitative estimate of drug-likeness (QED) is 0.190. The number of aromatic nitrogens is 5. The molecule has 10 aromatic rings. The Morgan fingerprint density at radius 3 is 1.65 bits per heavy atom. The molecule has 0 saturated carbocycles. The number of rotatable bonds is 4. The molecule has 238 valence electrons. The molecule has 0 unspecified atom stereocenters. The Kier molecular flexibility index (Phi) is 5.86. The van der Waals surface area contributed by atoms with E-state index in [0.29, 0.717) is 17.6 Å². The van der Waals surface area contributed by atoms with E-state index in [9.17, 15) is 0 Å². The first-order chi connectivity index (χ1) is 25.3. The Labute approximate surface area is 292 Å². The summed E-state index contributed by atoms with van der Waals surface area (Å²) in [6.07, 6.45) is 0. The largest absolute Gasteiger partial charge is 0.453 e. The molecule has 0 bridgehead atoms. The summed E-state index contributed by atoms with van der Waals surface area (Å²) in [5, 5.41) is 4.64. The van der Waals surface area contributed by atoms with Crippen molar-refractivity contribution in [3.05, 3.63) is 164 Å². The molecule has 0 fully saturated rings. The van der Waals surface area contributed by atoms with Crippen molar-refractivity contribution < 1.29 is 4.74 Å². The van der Waals surface area contributed by atoms with Gasteiger partial charge in [0.15, 0.2) is 23.1 Å². The molecule has 51 heavy (non-hydrogen) atoms. The smallest absolute Gasteiger partial charge is 0.238 e. The second-order valence-corrected chi connectivity index (χ2v) is 12.9. The molecule has 0 radical (unpaired) electrons. The first kappa shape index (κ1) is 27.9. The van der Waals surface area contributed by atoms with E-state index >= 15 is 0 Å². The van der Waals surface area contributed by atoms with Crippen LogP contribution in [0.25, 0.3) is 89.2 Å². The summed E-state index contributed by atoms with van der Waals surface area (Å²) in [5.74, 6) is 3.59. The Bertz CT molecular complexity index is 2940. The number of hydrogen-bond donors (Lipinski definition) is 0. The summed E-state index contributed by atoms with van der Waals surface area (Å²) >= 11 is 0. The van der Waals surface area contributed by atoms with Crippen LogP contribution in [0.15, 0.2) is 164 Å². The van der Waals surface area contributed by atoms with Crippen molar-refractivity contribution in [1.29, 1.82) is 0 Å². The van der Waals surface area contributed by atoms with Crippen molar-refractivity contribution in [3.63, 3.8) is 0 Å². The highest BCUT2D eigenvalue weighted by Gasteiger charge is 2.24. The van der Waals surface area contributed by atoms with E-state index in [1.54, 1.807) is 0 Å². The summed E-state index contributed by atoms with van der Waals surface area (Å²) < 4.78 is 10.9. The molecule has 1 aliphatic heterocycles. The second-order valence-electron chi connectivity index (χ2n) is 12.9. The van der Waals surface area contributed by atoms with Crippen LogP contribution in [0.5, 0.6) is 11.5 Å². The number of benzene rings is 7. The molecule has 0 atom stereocenters.